The van der Waals surface area contributed by atoms with Crippen LogP contribution < -0.4 is 9.47 Å². The molecule has 0 spiro atoms. The predicted octanol–water partition coefficient (Wildman–Crippen LogP) is 5.35. The maximum absolute atomic E-state index is 5.76. The molecule has 0 radical (unpaired) electrons. The van der Waals surface area contributed by atoms with Gasteiger partial charge in [-0.05, 0) is 43.4 Å². The van der Waals surface area contributed by atoms with Crippen molar-refractivity contribution in [1.82, 2.24) is 0 Å². The van der Waals surface area contributed by atoms with E-state index in [4.69, 9.17) is 9.47 Å². The fourth-order valence-corrected chi connectivity index (χ4v) is 1.49. The second-order valence-corrected chi connectivity index (χ2v) is 3.97. The van der Waals surface area contributed by atoms with Crippen LogP contribution in [-0.4, -0.2) is 0 Å². The largest absolute Gasteiger partial charge is 0.458 e. The van der Waals surface area contributed by atoms with E-state index in [1.807, 2.05) is 49.4 Å². The first kappa shape index (κ1) is 16.3. The minimum atomic E-state index is 0.625. The lowest BCUT2D eigenvalue weighted by atomic mass is 10.3. The fraction of sp³-hybridized carbons (Fsp3) is 0.0526. The Kier molecular flexibility index (Phi) is 7.15. The topological polar surface area (TPSA) is 18.5 Å². The highest BCUT2D eigenvalue weighted by Crippen LogP contribution is 2.23. The molecule has 0 saturated heterocycles. The van der Waals surface area contributed by atoms with Gasteiger partial charge in [-0.2, -0.15) is 0 Å². The molecule has 0 N–H and O–H groups in total. The van der Waals surface area contributed by atoms with E-state index in [1.54, 1.807) is 24.3 Å². The number of rotatable bonds is 8. The first-order valence-electron chi connectivity index (χ1n) is 6.59. The third-order valence-corrected chi connectivity index (χ3v) is 2.44. The third kappa shape index (κ3) is 5.83. The van der Waals surface area contributed by atoms with E-state index < -0.39 is 0 Å². The van der Waals surface area contributed by atoms with Crippen LogP contribution in [0.2, 0.25) is 0 Å². The van der Waals surface area contributed by atoms with Crippen LogP contribution in [0.15, 0.2) is 98.1 Å². The molecule has 2 heteroatoms. The second kappa shape index (κ2) is 9.21. The van der Waals surface area contributed by atoms with Gasteiger partial charge in [0.1, 0.15) is 23.0 Å². The van der Waals surface area contributed by atoms with E-state index in [2.05, 4.69) is 19.7 Å². The lowest BCUT2D eigenvalue weighted by Crippen LogP contribution is -1.94. The van der Waals surface area contributed by atoms with E-state index in [0.717, 1.165) is 5.76 Å². The molecular formula is C19H20O2. The zero-order valence-corrected chi connectivity index (χ0v) is 12.3. The van der Waals surface area contributed by atoms with Gasteiger partial charge >= 0.3 is 0 Å². The molecule has 1 aromatic carbocycles. The smallest absolute Gasteiger partial charge is 0.131 e. The van der Waals surface area contributed by atoms with Crippen molar-refractivity contribution in [2.75, 3.05) is 0 Å². The summed E-state index contributed by atoms with van der Waals surface area (Å²) in [7, 11) is 0. The molecule has 0 unspecified atom stereocenters. The van der Waals surface area contributed by atoms with Crippen LogP contribution >= 0.6 is 0 Å². The maximum Gasteiger partial charge on any atom is 0.131 e. The Morgan fingerprint density at radius 3 is 2.19 bits per heavy atom. The van der Waals surface area contributed by atoms with Gasteiger partial charge in [0.05, 0.1) is 0 Å². The predicted molar refractivity (Wildman–Crippen MR) is 89.3 cm³/mol. The normalized spacial score (nSPS) is 12.0. The number of benzene rings is 1. The van der Waals surface area contributed by atoms with Gasteiger partial charge in [-0.1, -0.05) is 44.0 Å². The minimum Gasteiger partial charge on any atom is -0.458 e. The van der Waals surface area contributed by atoms with E-state index in [9.17, 15) is 0 Å². The van der Waals surface area contributed by atoms with Crippen molar-refractivity contribution in [2.45, 2.75) is 6.92 Å². The summed E-state index contributed by atoms with van der Waals surface area (Å²) in [6.07, 6.45) is 12.2. The summed E-state index contributed by atoms with van der Waals surface area (Å²) in [6, 6.07) is 7.39. The number of hydrogen-bond acceptors (Lipinski definition) is 2. The van der Waals surface area contributed by atoms with Crippen LogP contribution in [0.1, 0.15) is 6.92 Å². The Morgan fingerprint density at radius 2 is 1.67 bits per heavy atom. The molecule has 0 fully saturated rings. The molecule has 1 rings (SSSR count). The van der Waals surface area contributed by atoms with Crippen LogP contribution in [0.3, 0.4) is 0 Å². The molecular weight excluding hydrogens is 260 g/mol. The molecule has 0 atom stereocenters. The van der Waals surface area contributed by atoms with Crippen LogP contribution in [0, 0.1) is 0 Å². The molecule has 0 aliphatic carbocycles. The summed E-state index contributed by atoms with van der Waals surface area (Å²) in [6.45, 7) is 12.9. The molecule has 0 bridgehead atoms. The second-order valence-electron chi connectivity index (χ2n) is 3.97. The van der Waals surface area contributed by atoms with Gasteiger partial charge < -0.3 is 9.47 Å². The van der Waals surface area contributed by atoms with Crippen molar-refractivity contribution >= 4 is 0 Å². The minimum absolute atomic E-state index is 0.625. The van der Waals surface area contributed by atoms with E-state index >= 15 is 0 Å². The van der Waals surface area contributed by atoms with E-state index in [-0.39, 0.29) is 0 Å². The fourth-order valence-electron chi connectivity index (χ4n) is 1.49. The van der Waals surface area contributed by atoms with Gasteiger partial charge in [-0.15, -0.1) is 0 Å². The molecule has 108 valence electrons. The van der Waals surface area contributed by atoms with Crippen molar-refractivity contribution in [3.63, 3.8) is 0 Å². The van der Waals surface area contributed by atoms with Crippen LogP contribution in [-0.2, 0) is 0 Å². The van der Waals surface area contributed by atoms with Gasteiger partial charge in [0, 0.05) is 6.07 Å². The standard InChI is InChI=1S/C19H20O2/c1-5-9-12-17(8-4)21-19-14-10-13-18(15-19)20-16(7-3)11-6-2/h5-15H,1-3H2,4H3/b12-9-,16-11+,17-8+. The number of hydrogen-bond donors (Lipinski definition) is 0. The molecule has 0 amide bonds. The summed E-state index contributed by atoms with van der Waals surface area (Å²) in [5.74, 6) is 2.72. The average molecular weight is 280 g/mol. The quantitative estimate of drug-likeness (QED) is 0.472. The van der Waals surface area contributed by atoms with Gasteiger partial charge in [0.2, 0.25) is 0 Å². The number of ether oxygens (including phenoxy) is 2. The van der Waals surface area contributed by atoms with Crippen LogP contribution in [0.5, 0.6) is 11.5 Å². The highest BCUT2D eigenvalue weighted by Gasteiger charge is 2.01. The Bertz CT molecular complexity index is 589. The Hall–Kier alpha value is -2.74. The lowest BCUT2D eigenvalue weighted by Gasteiger charge is -2.09. The molecule has 21 heavy (non-hydrogen) atoms. The maximum atomic E-state index is 5.76. The lowest BCUT2D eigenvalue weighted by molar-refractivity contribution is 0.423. The molecule has 0 heterocycles. The Morgan fingerprint density at radius 1 is 1.00 bits per heavy atom. The van der Waals surface area contributed by atoms with Crippen molar-refractivity contribution in [1.29, 1.82) is 0 Å². The molecule has 0 aliphatic rings. The van der Waals surface area contributed by atoms with Crippen LogP contribution in [0.4, 0.5) is 0 Å². The average Bonchev–Trinajstić information content (AvgIpc) is 2.51. The molecule has 1 aromatic rings. The zero-order chi connectivity index (χ0) is 15.5. The van der Waals surface area contributed by atoms with Gasteiger partial charge in [-0.25, -0.2) is 0 Å². The van der Waals surface area contributed by atoms with Crippen molar-refractivity contribution < 1.29 is 9.47 Å². The molecule has 0 saturated carbocycles. The first-order chi connectivity index (χ1) is 10.2. The summed E-state index contributed by atoms with van der Waals surface area (Å²) in [5, 5.41) is 0. The number of allylic oxidation sites excluding steroid dienone is 7. The van der Waals surface area contributed by atoms with Gasteiger partial charge in [0.25, 0.3) is 0 Å². The highest BCUT2D eigenvalue weighted by atomic mass is 16.5. The summed E-state index contributed by atoms with van der Waals surface area (Å²) < 4.78 is 11.4. The van der Waals surface area contributed by atoms with Gasteiger partial charge in [0.15, 0.2) is 0 Å². The van der Waals surface area contributed by atoms with E-state index in [0.29, 0.717) is 17.3 Å². The summed E-state index contributed by atoms with van der Waals surface area (Å²) in [4.78, 5) is 0. The molecule has 0 aliphatic heterocycles. The van der Waals surface area contributed by atoms with Crippen LogP contribution in [0.25, 0.3) is 0 Å². The SMILES string of the molecule is C=C/C=C\C(=C/C)Oc1cccc(O/C(C=C)=C/C=C)c1. The highest BCUT2D eigenvalue weighted by molar-refractivity contribution is 5.37. The van der Waals surface area contributed by atoms with E-state index in [1.165, 1.54) is 0 Å². The van der Waals surface area contributed by atoms with Crippen molar-refractivity contribution in [2.24, 2.45) is 0 Å². The molecule has 2 nitrogen and oxygen atoms in total. The zero-order valence-electron chi connectivity index (χ0n) is 12.3. The monoisotopic (exact) mass is 280 g/mol. The van der Waals surface area contributed by atoms with Gasteiger partial charge in [-0.3, -0.25) is 0 Å². The molecule has 0 aromatic heterocycles. The third-order valence-electron chi connectivity index (χ3n) is 2.44. The summed E-state index contributed by atoms with van der Waals surface area (Å²) >= 11 is 0. The Labute approximate surface area is 126 Å². The Balaban J connectivity index is 2.87. The first-order valence-corrected chi connectivity index (χ1v) is 6.59. The summed E-state index contributed by atoms with van der Waals surface area (Å²) in [5.41, 5.74) is 0. The van der Waals surface area contributed by atoms with Crippen molar-refractivity contribution in [3.8, 4) is 11.5 Å². The van der Waals surface area contributed by atoms with Crippen molar-refractivity contribution in [3.05, 3.63) is 98.1 Å².